The van der Waals surface area contributed by atoms with Gasteiger partial charge >= 0.3 is 0 Å². The fraction of sp³-hybridized carbons (Fsp3) is 0.250. The zero-order chi connectivity index (χ0) is 10.7. The molecule has 0 N–H and O–H groups in total. The van der Waals surface area contributed by atoms with Crippen LogP contribution in [0.25, 0.3) is 10.9 Å². The third-order valence-corrected chi connectivity index (χ3v) is 2.15. The molecule has 0 fully saturated rings. The summed E-state index contributed by atoms with van der Waals surface area (Å²) in [7, 11) is 2.05. The van der Waals surface area contributed by atoms with Crippen LogP contribution < -0.4 is 0 Å². The molecule has 0 bridgehead atoms. The maximum atomic E-state index is 4.41. The lowest BCUT2D eigenvalue weighted by Crippen LogP contribution is -1.91. The molecule has 2 nitrogen and oxygen atoms in total. The molecule has 2 rings (SSSR count). The smallest absolute Gasteiger partial charge is 0.0694 e. The minimum Gasteiger partial charge on any atom is -0.349 e. The Labute approximate surface area is 84.9 Å². The summed E-state index contributed by atoms with van der Waals surface area (Å²) in [6, 6.07) is 4.24. The molecule has 0 atom stereocenters. The Hall–Kier alpha value is -1.57. The fourth-order valence-electron chi connectivity index (χ4n) is 1.70. The van der Waals surface area contributed by atoms with Crippen molar-refractivity contribution in [1.29, 1.82) is 0 Å². The lowest BCUT2D eigenvalue weighted by Gasteiger charge is -2.01. The average Bonchev–Trinajstić information content (AvgIpc) is 2.51. The van der Waals surface area contributed by atoms with Crippen LogP contribution in [-0.4, -0.2) is 9.55 Å². The SMILES string of the molecule is C=C.Cc1cc2ccn(C)c2c(C)n1. The van der Waals surface area contributed by atoms with E-state index < -0.39 is 0 Å². The summed E-state index contributed by atoms with van der Waals surface area (Å²) in [5, 5.41) is 1.28. The predicted octanol–water partition coefficient (Wildman–Crippen LogP) is 2.99. The van der Waals surface area contributed by atoms with Crippen LogP contribution in [0.4, 0.5) is 0 Å². The van der Waals surface area contributed by atoms with E-state index in [4.69, 9.17) is 0 Å². The third-order valence-electron chi connectivity index (χ3n) is 2.15. The van der Waals surface area contributed by atoms with E-state index in [-0.39, 0.29) is 0 Å². The van der Waals surface area contributed by atoms with Crippen LogP contribution in [-0.2, 0) is 7.05 Å². The highest BCUT2D eigenvalue weighted by atomic mass is 14.9. The van der Waals surface area contributed by atoms with Crippen LogP contribution in [0.3, 0.4) is 0 Å². The molecule has 2 heteroatoms. The third kappa shape index (κ3) is 1.69. The number of pyridine rings is 1. The molecule has 0 saturated carbocycles. The molecule has 0 aliphatic carbocycles. The van der Waals surface area contributed by atoms with Gasteiger partial charge in [0.15, 0.2) is 0 Å². The number of aromatic nitrogens is 2. The van der Waals surface area contributed by atoms with Gasteiger partial charge in [-0.15, -0.1) is 13.2 Å². The van der Waals surface area contributed by atoms with E-state index in [1.807, 2.05) is 14.0 Å². The molecule has 0 radical (unpaired) electrons. The summed E-state index contributed by atoms with van der Waals surface area (Å²) in [6.45, 7) is 10.1. The predicted molar refractivity (Wildman–Crippen MR) is 61.4 cm³/mol. The first-order chi connectivity index (χ1) is 6.68. The van der Waals surface area contributed by atoms with E-state index in [2.05, 4.69) is 48.0 Å². The van der Waals surface area contributed by atoms with Crippen molar-refractivity contribution < 1.29 is 0 Å². The van der Waals surface area contributed by atoms with Crippen LogP contribution in [0.1, 0.15) is 11.4 Å². The van der Waals surface area contributed by atoms with E-state index in [1.165, 1.54) is 10.9 Å². The minimum atomic E-state index is 1.09. The molecule has 0 saturated heterocycles. The Morgan fingerprint density at radius 2 is 1.93 bits per heavy atom. The van der Waals surface area contributed by atoms with Gasteiger partial charge in [0.2, 0.25) is 0 Å². The van der Waals surface area contributed by atoms with Crippen LogP contribution in [0.2, 0.25) is 0 Å². The highest BCUT2D eigenvalue weighted by molar-refractivity contribution is 5.82. The zero-order valence-electron chi connectivity index (χ0n) is 9.04. The van der Waals surface area contributed by atoms with Gasteiger partial charge in [0, 0.05) is 24.3 Å². The Morgan fingerprint density at radius 1 is 1.29 bits per heavy atom. The van der Waals surface area contributed by atoms with Crippen molar-refractivity contribution in [2.75, 3.05) is 0 Å². The number of nitrogens with zero attached hydrogens (tertiary/aromatic N) is 2. The summed E-state index contributed by atoms with van der Waals surface area (Å²) >= 11 is 0. The summed E-state index contributed by atoms with van der Waals surface area (Å²) in [4.78, 5) is 4.41. The topological polar surface area (TPSA) is 17.8 Å². The van der Waals surface area contributed by atoms with E-state index >= 15 is 0 Å². The second-order valence-corrected chi connectivity index (χ2v) is 3.21. The van der Waals surface area contributed by atoms with Crippen LogP contribution in [0.15, 0.2) is 31.5 Å². The van der Waals surface area contributed by atoms with Gasteiger partial charge in [-0.1, -0.05) is 0 Å². The highest BCUT2D eigenvalue weighted by Crippen LogP contribution is 2.17. The Kier molecular flexibility index (Phi) is 3.07. The van der Waals surface area contributed by atoms with Gasteiger partial charge < -0.3 is 4.57 Å². The van der Waals surface area contributed by atoms with Crippen molar-refractivity contribution in [2.45, 2.75) is 13.8 Å². The molecule has 0 amide bonds. The number of rotatable bonds is 0. The van der Waals surface area contributed by atoms with E-state index in [9.17, 15) is 0 Å². The summed E-state index contributed by atoms with van der Waals surface area (Å²) in [5.74, 6) is 0. The molecule has 0 aliphatic heterocycles. The lowest BCUT2D eigenvalue weighted by molar-refractivity contribution is 0.953. The van der Waals surface area contributed by atoms with Gasteiger partial charge in [0.1, 0.15) is 0 Å². The average molecular weight is 188 g/mol. The monoisotopic (exact) mass is 188 g/mol. The van der Waals surface area contributed by atoms with E-state index in [0.717, 1.165) is 11.4 Å². The number of hydrogen-bond acceptors (Lipinski definition) is 1. The van der Waals surface area contributed by atoms with Crippen LogP contribution in [0, 0.1) is 13.8 Å². The number of aryl methyl sites for hydroxylation is 3. The van der Waals surface area contributed by atoms with Crippen molar-refractivity contribution in [1.82, 2.24) is 9.55 Å². The van der Waals surface area contributed by atoms with E-state index in [1.54, 1.807) is 0 Å². The maximum Gasteiger partial charge on any atom is 0.0694 e. The Morgan fingerprint density at radius 3 is 2.57 bits per heavy atom. The molecule has 0 aliphatic rings. The van der Waals surface area contributed by atoms with Gasteiger partial charge in [-0.2, -0.15) is 0 Å². The molecular weight excluding hydrogens is 172 g/mol. The summed E-state index contributed by atoms with van der Waals surface area (Å²) in [5.41, 5.74) is 3.43. The molecule has 2 aromatic rings. The molecule has 2 aromatic heterocycles. The minimum absolute atomic E-state index is 1.09. The lowest BCUT2D eigenvalue weighted by atomic mass is 10.2. The first-order valence-electron chi connectivity index (χ1n) is 4.58. The maximum absolute atomic E-state index is 4.41. The number of hydrogen-bond donors (Lipinski definition) is 0. The van der Waals surface area contributed by atoms with E-state index in [0.29, 0.717) is 0 Å². The van der Waals surface area contributed by atoms with Gasteiger partial charge in [0.25, 0.3) is 0 Å². The summed E-state index contributed by atoms with van der Waals surface area (Å²) < 4.78 is 2.11. The zero-order valence-corrected chi connectivity index (χ0v) is 9.04. The van der Waals surface area contributed by atoms with Gasteiger partial charge in [-0.3, -0.25) is 4.98 Å². The fourth-order valence-corrected chi connectivity index (χ4v) is 1.70. The molecule has 14 heavy (non-hydrogen) atoms. The largest absolute Gasteiger partial charge is 0.349 e. The van der Waals surface area contributed by atoms with Crippen LogP contribution in [0.5, 0.6) is 0 Å². The quantitative estimate of drug-likeness (QED) is 0.581. The van der Waals surface area contributed by atoms with Crippen molar-refractivity contribution in [2.24, 2.45) is 7.05 Å². The second-order valence-electron chi connectivity index (χ2n) is 3.21. The standard InChI is InChI=1S/C10H12N2.C2H4/c1-7-6-9-4-5-12(3)10(9)8(2)11-7;1-2/h4-6H,1-3H3;1-2H2. The Balaban J connectivity index is 0.000000461. The van der Waals surface area contributed by atoms with Gasteiger partial charge in [0.05, 0.1) is 11.2 Å². The Bertz CT molecular complexity index is 441. The molecule has 0 unspecified atom stereocenters. The molecule has 0 aromatic carbocycles. The summed E-state index contributed by atoms with van der Waals surface area (Å²) in [6.07, 6.45) is 2.07. The van der Waals surface area contributed by atoms with Gasteiger partial charge in [-0.05, 0) is 26.0 Å². The second kappa shape index (κ2) is 4.09. The van der Waals surface area contributed by atoms with Crippen molar-refractivity contribution >= 4 is 10.9 Å². The first kappa shape index (κ1) is 10.5. The van der Waals surface area contributed by atoms with Crippen molar-refractivity contribution in [3.8, 4) is 0 Å². The van der Waals surface area contributed by atoms with Crippen LogP contribution >= 0.6 is 0 Å². The number of fused-ring (bicyclic) bond motifs is 1. The highest BCUT2D eigenvalue weighted by Gasteiger charge is 2.02. The first-order valence-corrected chi connectivity index (χ1v) is 4.58. The normalized spacial score (nSPS) is 9.64. The van der Waals surface area contributed by atoms with Gasteiger partial charge in [-0.25, -0.2) is 0 Å². The molecular formula is C12H16N2. The van der Waals surface area contributed by atoms with Crippen molar-refractivity contribution in [3.05, 3.63) is 42.9 Å². The molecule has 2 heterocycles. The van der Waals surface area contributed by atoms with Crippen molar-refractivity contribution in [3.63, 3.8) is 0 Å². The molecule has 74 valence electrons. The molecule has 0 spiro atoms.